The van der Waals surface area contributed by atoms with Gasteiger partial charge in [-0.05, 0) is 24.1 Å². The Morgan fingerprint density at radius 3 is 2.50 bits per heavy atom. The first-order valence-corrected chi connectivity index (χ1v) is 5.81. The number of phenols is 2. The lowest BCUT2D eigenvalue weighted by atomic mass is 10.1. The Balaban J connectivity index is 2.51. The van der Waals surface area contributed by atoms with Gasteiger partial charge in [-0.2, -0.15) is 0 Å². The fourth-order valence-electron chi connectivity index (χ4n) is 1.47. The molecule has 1 unspecified atom stereocenters. The molecule has 0 aliphatic heterocycles. The first-order chi connectivity index (χ1) is 9.31. The molecule has 0 spiro atoms. The van der Waals surface area contributed by atoms with Crippen LogP contribution in [0.5, 0.6) is 11.5 Å². The van der Waals surface area contributed by atoms with Gasteiger partial charge >= 0.3 is 0 Å². The number of phenolic OH excluding ortho intramolecular Hbond substituents is 2. The van der Waals surface area contributed by atoms with Crippen LogP contribution in [0.4, 0.5) is 8.78 Å². The van der Waals surface area contributed by atoms with Crippen LogP contribution in [-0.2, 0) is 11.2 Å². The lowest BCUT2D eigenvalue weighted by Crippen LogP contribution is -2.45. The fraction of sp³-hybridized carbons (Fsp3) is 0.417. The molecule has 0 heterocycles. The molecule has 1 aromatic carbocycles. The number of aliphatic hydroxyl groups is 1. The highest BCUT2D eigenvalue weighted by Crippen LogP contribution is 2.25. The highest BCUT2D eigenvalue weighted by Gasteiger charge is 2.20. The van der Waals surface area contributed by atoms with Gasteiger partial charge in [0.15, 0.2) is 11.5 Å². The second kappa shape index (κ2) is 7.01. The Kier molecular flexibility index (Phi) is 5.66. The zero-order valence-electron chi connectivity index (χ0n) is 10.5. The molecule has 0 aromatic heterocycles. The largest absolute Gasteiger partial charge is 0.504 e. The fourth-order valence-corrected chi connectivity index (χ4v) is 1.47. The van der Waals surface area contributed by atoms with Gasteiger partial charge < -0.3 is 26.4 Å². The Morgan fingerprint density at radius 1 is 1.30 bits per heavy atom. The zero-order chi connectivity index (χ0) is 15.3. The number of nitrogens with one attached hydrogen (secondary N) is 1. The summed E-state index contributed by atoms with van der Waals surface area (Å²) in [5, 5.41) is 29.4. The molecule has 112 valence electrons. The van der Waals surface area contributed by atoms with E-state index in [0.717, 1.165) is 0 Å². The van der Waals surface area contributed by atoms with Crippen LogP contribution in [0.3, 0.4) is 0 Å². The van der Waals surface area contributed by atoms with Crippen molar-refractivity contribution in [3.8, 4) is 11.5 Å². The zero-order valence-corrected chi connectivity index (χ0v) is 10.5. The second-order valence-corrected chi connectivity index (χ2v) is 4.28. The molecule has 0 fully saturated rings. The molecule has 2 atom stereocenters. The average Bonchev–Trinajstić information content (AvgIpc) is 2.39. The average molecular weight is 290 g/mol. The van der Waals surface area contributed by atoms with E-state index in [1.165, 1.54) is 18.2 Å². The van der Waals surface area contributed by atoms with Crippen LogP contribution in [0.15, 0.2) is 18.2 Å². The maximum absolute atomic E-state index is 12.0. The number of nitrogens with two attached hydrogens (primary N) is 1. The van der Waals surface area contributed by atoms with Crippen molar-refractivity contribution in [2.75, 3.05) is 6.54 Å². The predicted octanol–water partition coefficient (Wildman–Crippen LogP) is -0.290. The number of aromatic hydroxyl groups is 2. The summed E-state index contributed by atoms with van der Waals surface area (Å²) in [6, 6.07) is 2.94. The van der Waals surface area contributed by atoms with Gasteiger partial charge in [0.05, 0.1) is 6.04 Å². The molecule has 6 N–H and O–H groups in total. The molecule has 20 heavy (non-hydrogen) atoms. The molecule has 1 amide bonds. The lowest BCUT2D eigenvalue weighted by Gasteiger charge is -2.15. The first kappa shape index (κ1) is 16.1. The van der Waals surface area contributed by atoms with Crippen LogP contribution in [0, 0.1) is 0 Å². The van der Waals surface area contributed by atoms with Crippen molar-refractivity contribution < 1.29 is 28.9 Å². The number of amides is 1. The Hall–Kier alpha value is -1.93. The van der Waals surface area contributed by atoms with Crippen molar-refractivity contribution in [1.82, 2.24) is 5.32 Å². The van der Waals surface area contributed by atoms with Gasteiger partial charge in [0, 0.05) is 6.54 Å². The maximum Gasteiger partial charge on any atom is 0.265 e. The van der Waals surface area contributed by atoms with Crippen LogP contribution in [0.25, 0.3) is 0 Å². The Morgan fingerprint density at radius 2 is 1.95 bits per heavy atom. The first-order valence-electron chi connectivity index (χ1n) is 5.81. The summed E-state index contributed by atoms with van der Waals surface area (Å²) in [7, 11) is 0. The van der Waals surface area contributed by atoms with Crippen molar-refractivity contribution in [3.05, 3.63) is 23.8 Å². The minimum atomic E-state index is -2.94. The minimum Gasteiger partial charge on any atom is -0.504 e. The molecule has 6 nitrogen and oxygen atoms in total. The summed E-state index contributed by atoms with van der Waals surface area (Å²) in [5.74, 6) is -1.34. The van der Waals surface area contributed by atoms with E-state index in [4.69, 9.17) is 15.9 Å². The third kappa shape index (κ3) is 4.63. The molecule has 0 saturated carbocycles. The minimum absolute atomic E-state index is 0.0461. The third-order valence-electron chi connectivity index (χ3n) is 2.61. The van der Waals surface area contributed by atoms with E-state index in [1.807, 2.05) is 0 Å². The SMILES string of the molecule is N[C@@H](Cc1ccc(O)c(O)c1)C(=O)NCC(O)C(F)F. The Bertz CT molecular complexity index is 471. The van der Waals surface area contributed by atoms with Crippen molar-refractivity contribution in [2.24, 2.45) is 5.73 Å². The smallest absolute Gasteiger partial charge is 0.265 e. The van der Waals surface area contributed by atoms with Gasteiger partial charge in [0.2, 0.25) is 5.91 Å². The number of carbonyl (C=O) groups excluding carboxylic acids is 1. The van der Waals surface area contributed by atoms with E-state index in [2.05, 4.69) is 5.32 Å². The lowest BCUT2D eigenvalue weighted by molar-refractivity contribution is -0.123. The molecular weight excluding hydrogens is 274 g/mol. The van der Waals surface area contributed by atoms with Crippen LogP contribution < -0.4 is 11.1 Å². The van der Waals surface area contributed by atoms with Gasteiger partial charge in [-0.15, -0.1) is 0 Å². The topological polar surface area (TPSA) is 116 Å². The summed E-state index contributed by atoms with van der Waals surface area (Å²) in [4.78, 5) is 11.5. The summed E-state index contributed by atoms with van der Waals surface area (Å²) < 4.78 is 24.0. The van der Waals surface area contributed by atoms with Crippen molar-refractivity contribution >= 4 is 5.91 Å². The van der Waals surface area contributed by atoms with Crippen LogP contribution in [-0.4, -0.2) is 46.3 Å². The standard InChI is InChI=1S/C12H16F2N2O4/c13-11(14)10(19)5-16-12(20)7(15)3-6-1-2-8(17)9(18)4-6/h1-2,4,7,10-11,17-19H,3,5,15H2,(H,16,20)/t7-,10?/m0/s1. The van der Waals surface area contributed by atoms with E-state index in [9.17, 15) is 18.7 Å². The second-order valence-electron chi connectivity index (χ2n) is 4.28. The monoisotopic (exact) mass is 290 g/mol. The number of hydrogen-bond donors (Lipinski definition) is 5. The summed E-state index contributed by atoms with van der Waals surface area (Å²) in [5.41, 5.74) is 6.07. The molecule has 0 radical (unpaired) electrons. The molecule has 1 rings (SSSR count). The summed E-state index contributed by atoms with van der Waals surface area (Å²) in [6.45, 7) is -0.592. The highest BCUT2D eigenvalue weighted by atomic mass is 19.3. The molecule has 0 bridgehead atoms. The van der Waals surface area contributed by atoms with Crippen molar-refractivity contribution in [1.29, 1.82) is 0 Å². The highest BCUT2D eigenvalue weighted by molar-refractivity contribution is 5.81. The quantitative estimate of drug-likeness (QED) is 0.462. The van der Waals surface area contributed by atoms with E-state index in [-0.39, 0.29) is 17.9 Å². The number of benzene rings is 1. The van der Waals surface area contributed by atoms with E-state index in [1.54, 1.807) is 0 Å². The number of aliphatic hydroxyl groups excluding tert-OH is 1. The number of rotatable bonds is 6. The normalized spacial score (nSPS) is 14.1. The van der Waals surface area contributed by atoms with E-state index in [0.29, 0.717) is 5.56 Å². The third-order valence-corrected chi connectivity index (χ3v) is 2.61. The molecular formula is C12H16F2N2O4. The summed E-state index contributed by atoms with van der Waals surface area (Å²) in [6.07, 6.45) is -4.84. The maximum atomic E-state index is 12.0. The van der Waals surface area contributed by atoms with Gasteiger partial charge in [-0.1, -0.05) is 6.07 Å². The molecule has 8 heteroatoms. The molecule has 1 aromatic rings. The van der Waals surface area contributed by atoms with Crippen LogP contribution in [0.2, 0.25) is 0 Å². The van der Waals surface area contributed by atoms with Crippen LogP contribution >= 0.6 is 0 Å². The van der Waals surface area contributed by atoms with E-state index >= 15 is 0 Å². The summed E-state index contributed by atoms with van der Waals surface area (Å²) >= 11 is 0. The van der Waals surface area contributed by atoms with Gasteiger partial charge in [-0.3, -0.25) is 4.79 Å². The van der Waals surface area contributed by atoms with Crippen molar-refractivity contribution in [3.63, 3.8) is 0 Å². The molecule has 0 saturated heterocycles. The number of alkyl halides is 2. The van der Waals surface area contributed by atoms with Gasteiger partial charge in [-0.25, -0.2) is 8.78 Å². The van der Waals surface area contributed by atoms with Crippen LogP contribution in [0.1, 0.15) is 5.56 Å². The number of halogens is 2. The van der Waals surface area contributed by atoms with Crippen molar-refractivity contribution in [2.45, 2.75) is 25.0 Å². The molecule has 0 aliphatic carbocycles. The Labute approximate surface area is 113 Å². The number of hydrogen-bond acceptors (Lipinski definition) is 5. The number of carbonyl (C=O) groups is 1. The molecule has 0 aliphatic rings. The van der Waals surface area contributed by atoms with E-state index < -0.39 is 31.0 Å². The predicted molar refractivity (Wildman–Crippen MR) is 66.5 cm³/mol. The van der Waals surface area contributed by atoms with Gasteiger partial charge in [0.1, 0.15) is 6.10 Å². The van der Waals surface area contributed by atoms with Gasteiger partial charge in [0.25, 0.3) is 6.43 Å².